The van der Waals surface area contributed by atoms with Gasteiger partial charge in [0.1, 0.15) is 12.0 Å². The third kappa shape index (κ3) is 2.49. The van der Waals surface area contributed by atoms with Crippen molar-refractivity contribution in [3.63, 3.8) is 0 Å². The maximum Gasteiger partial charge on any atom is 0.276 e. The minimum Gasteiger partial charge on any atom is -0.397 e. The first-order valence-corrected chi connectivity index (χ1v) is 5.53. The van der Waals surface area contributed by atoms with Gasteiger partial charge >= 0.3 is 0 Å². The Morgan fingerprint density at radius 2 is 1.89 bits per heavy atom. The molecule has 0 aliphatic rings. The molecule has 0 atom stereocenters. The summed E-state index contributed by atoms with van der Waals surface area (Å²) < 4.78 is 0. The van der Waals surface area contributed by atoms with E-state index in [-0.39, 0.29) is 27.4 Å². The van der Waals surface area contributed by atoms with Gasteiger partial charge in [0.05, 0.1) is 5.69 Å². The molecule has 0 bridgehead atoms. The predicted molar refractivity (Wildman–Crippen MR) is 68.7 cm³/mol. The van der Waals surface area contributed by atoms with E-state index in [1.165, 1.54) is 12.5 Å². The smallest absolute Gasteiger partial charge is 0.276 e. The standard InChI is InChI=1S/C10H7Cl2N5O/c11-8-7(9(12)16-4-15-8)17-10(18)6-5(13)2-1-3-14-6/h1-4H,13H2,(H,17,18). The number of rotatable bonds is 2. The number of pyridine rings is 1. The summed E-state index contributed by atoms with van der Waals surface area (Å²) in [5, 5.41) is 2.54. The van der Waals surface area contributed by atoms with Crippen LogP contribution in [-0.2, 0) is 0 Å². The van der Waals surface area contributed by atoms with Crippen molar-refractivity contribution in [2.24, 2.45) is 0 Å². The second-order valence-electron chi connectivity index (χ2n) is 3.23. The highest BCUT2D eigenvalue weighted by Gasteiger charge is 2.15. The number of amides is 1. The fraction of sp³-hybridized carbons (Fsp3) is 0. The molecule has 0 saturated carbocycles. The van der Waals surface area contributed by atoms with E-state index in [0.29, 0.717) is 0 Å². The predicted octanol–water partition coefficient (Wildman–Crippen LogP) is 2.01. The van der Waals surface area contributed by atoms with Gasteiger partial charge in [-0.05, 0) is 12.1 Å². The van der Waals surface area contributed by atoms with Gasteiger partial charge in [0.25, 0.3) is 5.91 Å². The van der Waals surface area contributed by atoms with Crippen LogP contribution >= 0.6 is 23.2 Å². The van der Waals surface area contributed by atoms with Crippen LogP contribution < -0.4 is 11.1 Å². The van der Waals surface area contributed by atoms with E-state index in [4.69, 9.17) is 28.9 Å². The van der Waals surface area contributed by atoms with Crippen LogP contribution in [0.2, 0.25) is 10.3 Å². The molecule has 0 aromatic carbocycles. The van der Waals surface area contributed by atoms with Gasteiger partial charge in [0, 0.05) is 6.20 Å². The maximum absolute atomic E-state index is 11.9. The molecule has 0 aliphatic heterocycles. The van der Waals surface area contributed by atoms with Gasteiger partial charge in [-0.25, -0.2) is 15.0 Å². The van der Waals surface area contributed by atoms with Gasteiger partial charge in [-0.2, -0.15) is 0 Å². The van der Waals surface area contributed by atoms with E-state index in [2.05, 4.69) is 20.3 Å². The SMILES string of the molecule is Nc1cccnc1C(=O)Nc1c(Cl)ncnc1Cl. The van der Waals surface area contributed by atoms with Crippen LogP contribution in [0.1, 0.15) is 10.5 Å². The number of nitrogens with zero attached hydrogens (tertiary/aromatic N) is 3. The van der Waals surface area contributed by atoms with Crippen molar-refractivity contribution in [2.45, 2.75) is 0 Å². The molecule has 2 rings (SSSR count). The number of hydrogen-bond donors (Lipinski definition) is 2. The number of nitrogen functional groups attached to an aromatic ring is 1. The van der Waals surface area contributed by atoms with Crippen LogP contribution in [0.4, 0.5) is 11.4 Å². The molecular formula is C10H7Cl2N5O. The topological polar surface area (TPSA) is 93.8 Å². The third-order valence-electron chi connectivity index (χ3n) is 2.05. The average molecular weight is 284 g/mol. The van der Waals surface area contributed by atoms with Crippen LogP contribution in [0.3, 0.4) is 0 Å². The van der Waals surface area contributed by atoms with Crippen molar-refractivity contribution < 1.29 is 4.79 Å². The number of halogens is 2. The molecule has 8 heteroatoms. The van der Waals surface area contributed by atoms with Gasteiger partial charge in [-0.15, -0.1) is 0 Å². The van der Waals surface area contributed by atoms with E-state index >= 15 is 0 Å². The minimum absolute atomic E-state index is 0.0397. The molecular weight excluding hydrogens is 277 g/mol. The lowest BCUT2D eigenvalue weighted by molar-refractivity contribution is 0.102. The first-order valence-electron chi connectivity index (χ1n) is 4.77. The van der Waals surface area contributed by atoms with Crippen LogP contribution in [0.15, 0.2) is 24.7 Å². The molecule has 0 fully saturated rings. The fourth-order valence-corrected chi connectivity index (χ4v) is 1.64. The highest BCUT2D eigenvalue weighted by Crippen LogP contribution is 2.26. The molecule has 0 saturated heterocycles. The number of anilines is 2. The first kappa shape index (κ1) is 12.5. The zero-order valence-corrected chi connectivity index (χ0v) is 10.4. The molecule has 6 nitrogen and oxygen atoms in total. The lowest BCUT2D eigenvalue weighted by Crippen LogP contribution is -2.16. The van der Waals surface area contributed by atoms with Gasteiger partial charge < -0.3 is 11.1 Å². The zero-order chi connectivity index (χ0) is 13.1. The maximum atomic E-state index is 11.9. The van der Waals surface area contributed by atoms with Crippen molar-refractivity contribution in [1.29, 1.82) is 0 Å². The van der Waals surface area contributed by atoms with Gasteiger partial charge in [0.2, 0.25) is 0 Å². The Morgan fingerprint density at radius 3 is 2.50 bits per heavy atom. The van der Waals surface area contributed by atoms with Crippen LogP contribution in [0.25, 0.3) is 0 Å². The Hall–Kier alpha value is -1.92. The monoisotopic (exact) mass is 283 g/mol. The Labute approximate surface area is 112 Å². The normalized spacial score (nSPS) is 10.1. The molecule has 2 aromatic rings. The molecule has 18 heavy (non-hydrogen) atoms. The fourth-order valence-electron chi connectivity index (χ4n) is 1.23. The largest absolute Gasteiger partial charge is 0.397 e. The second-order valence-corrected chi connectivity index (χ2v) is 3.94. The van der Waals surface area contributed by atoms with Gasteiger partial charge in [-0.1, -0.05) is 23.2 Å². The van der Waals surface area contributed by atoms with E-state index in [1.54, 1.807) is 12.1 Å². The molecule has 0 spiro atoms. The quantitative estimate of drug-likeness (QED) is 0.823. The lowest BCUT2D eigenvalue weighted by atomic mass is 10.3. The molecule has 3 N–H and O–H groups in total. The molecule has 0 aliphatic carbocycles. The number of carbonyl (C=O) groups excluding carboxylic acids is 1. The Balaban J connectivity index is 2.30. The summed E-state index contributed by atoms with van der Waals surface area (Å²) in [5.41, 5.74) is 6.08. The van der Waals surface area contributed by atoms with Crippen LogP contribution in [0, 0.1) is 0 Å². The summed E-state index contributed by atoms with van der Waals surface area (Å²) in [6.45, 7) is 0. The summed E-state index contributed by atoms with van der Waals surface area (Å²) in [4.78, 5) is 23.2. The number of nitrogens with two attached hydrogens (primary N) is 1. The number of hydrogen-bond acceptors (Lipinski definition) is 5. The Bertz CT molecular complexity index is 584. The molecule has 2 aromatic heterocycles. The highest BCUT2D eigenvalue weighted by molar-refractivity contribution is 6.38. The number of carbonyl (C=O) groups is 1. The summed E-state index contributed by atoms with van der Waals surface area (Å²) >= 11 is 11.6. The van der Waals surface area contributed by atoms with Gasteiger partial charge in [0.15, 0.2) is 16.0 Å². The van der Waals surface area contributed by atoms with Crippen molar-refractivity contribution in [3.05, 3.63) is 40.7 Å². The van der Waals surface area contributed by atoms with E-state index in [0.717, 1.165) is 0 Å². The summed E-state index contributed by atoms with van der Waals surface area (Å²) in [5.74, 6) is -0.535. The molecule has 1 amide bonds. The summed E-state index contributed by atoms with van der Waals surface area (Å²) in [7, 11) is 0. The second kappa shape index (κ2) is 5.16. The Kier molecular flexibility index (Phi) is 3.59. The molecule has 0 unspecified atom stereocenters. The van der Waals surface area contributed by atoms with Gasteiger partial charge in [-0.3, -0.25) is 4.79 Å². The zero-order valence-electron chi connectivity index (χ0n) is 8.89. The van der Waals surface area contributed by atoms with Crippen molar-refractivity contribution in [2.75, 3.05) is 11.1 Å². The highest BCUT2D eigenvalue weighted by atomic mass is 35.5. The number of aromatic nitrogens is 3. The Morgan fingerprint density at radius 1 is 1.22 bits per heavy atom. The van der Waals surface area contributed by atoms with Crippen LogP contribution in [0.5, 0.6) is 0 Å². The van der Waals surface area contributed by atoms with Crippen molar-refractivity contribution in [1.82, 2.24) is 15.0 Å². The number of nitrogens with one attached hydrogen (secondary N) is 1. The molecule has 0 radical (unpaired) electrons. The van der Waals surface area contributed by atoms with Crippen molar-refractivity contribution in [3.8, 4) is 0 Å². The van der Waals surface area contributed by atoms with E-state index < -0.39 is 5.91 Å². The summed E-state index contributed by atoms with van der Waals surface area (Å²) in [6.07, 6.45) is 2.64. The minimum atomic E-state index is -0.535. The van der Waals surface area contributed by atoms with E-state index in [1.807, 2.05) is 0 Å². The lowest BCUT2D eigenvalue weighted by Gasteiger charge is -2.08. The van der Waals surface area contributed by atoms with Crippen molar-refractivity contribution >= 4 is 40.5 Å². The summed E-state index contributed by atoms with van der Waals surface area (Å²) in [6, 6.07) is 3.18. The van der Waals surface area contributed by atoms with Crippen LogP contribution in [-0.4, -0.2) is 20.9 Å². The average Bonchev–Trinajstić information content (AvgIpc) is 2.34. The molecule has 2 heterocycles. The molecule has 92 valence electrons. The third-order valence-corrected chi connectivity index (χ3v) is 2.62. The first-order chi connectivity index (χ1) is 8.59. The van der Waals surface area contributed by atoms with E-state index in [9.17, 15) is 4.79 Å².